The maximum Gasteiger partial charge on any atom is 0.0771 e. The van der Waals surface area contributed by atoms with Gasteiger partial charge in [0, 0.05) is 24.9 Å². The normalized spacial score (nSPS) is 21.9. The zero-order valence-electron chi connectivity index (χ0n) is 10.9. The van der Waals surface area contributed by atoms with Crippen LogP contribution in [0.1, 0.15) is 44.7 Å². The summed E-state index contributed by atoms with van der Waals surface area (Å²) in [5.74, 6) is 0. The lowest BCUT2D eigenvalue weighted by Gasteiger charge is -2.22. The average molecular weight is 237 g/mol. The summed E-state index contributed by atoms with van der Waals surface area (Å²) in [4.78, 5) is 0. The first-order valence-corrected chi connectivity index (χ1v) is 6.72. The van der Waals surface area contributed by atoms with Crippen molar-refractivity contribution in [3.63, 3.8) is 0 Å². The standard InChI is InChI=1S/C13H23N3O/c1-3-7-16-10-11(9-15-16)13(14-4-2)12-6-5-8-17-12/h9-10,12-14H,3-8H2,1-2H3. The number of hydrogen-bond donors (Lipinski definition) is 1. The van der Waals surface area contributed by atoms with Crippen molar-refractivity contribution < 1.29 is 4.74 Å². The minimum atomic E-state index is 0.299. The molecule has 0 aliphatic carbocycles. The summed E-state index contributed by atoms with van der Waals surface area (Å²) in [5, 5.41) is 7.92. The van der Waals surface area contributed by atoms with Gasteiger partial charge >= 0.3 is 0 Å². The fraction of sp³-hybridized carbons (Fsp3) is 0.769. The van der Waals surface area contributed by atoms with Crippen LogP contribution in [-0.4, -0.2) is 29.0 Å². The van der Waals surface area contributed by atoms with Gasteiger partial charge in [0.25, 0.3) is 0 Å². The molecule has 1 aliphatic rings. The third-order valence-corrected chi connectivity index (χ3v) is 3.23. The highest BCUT2D eigenvalue weighted by Crippen LogP contribution is 2.26. The zero-order chi connectivity index (χ0) is 12.1. The predicted octanol–water partition coefficient (Wildman–Crippen LogP) is 2.12. The van der Waals surface area contributed by atoms with Crippen molar-refractivity contribution in [1.29, 1.82) is 0 Å². The summed E-state index contributed by atoms with van der Waals surface area (Å²) in [6.07, 6.45) is 7.89. The van der Waals surface area contributed by atoms with Crippen LogP contribution < -0.4 is 5.32 Å². The van der Waals surface area contributed by atoms with Crippen LogP contribution >= 0.6 is 0 Å². The fourth-order valence-electron chi connectivity index (χ4n) is 2.44. The molecule has 1 N–H and O–H groups in total. The lowest BCUT2D eigenvalue weighted by atomic mass is 10.0. The van der Waals surface area contributed by atoms with E-state index in [1.165, 1.54) is 12.0 Å². The van der Waals surface area contributed by atoms with Gasteiger partial charge in [-0.1, -0.05) is 13.8 Å². The molecule has 1 aliphatic heterocycles. The first-order valence-electron chi connectivity index (χ1n) is 6.72. The van der Waals surface area contributed by atoms with E-state index in [0.29, 0.717) is 12.1 Å². The van der Waals surface area contributed by atoms with Crippen LogP contribution in [0, 0.1) is 0 Å². The molecule has 0 saturated carbocycles. The molecule has 1 fully saturated rings. The van der Waals surface area contributed by atoms with E-state index >= 15 is 0 Å². The molecule has 1 saturated heterocycles. The maximum atomic E-state index is 5.79. The Kier molecular flexibility index (Phi) is 4.57. The molecular weight excluding hydrogens is 214 g/mol. The van der Waals surface area contributed by atoms with Gasteiger partial charge in [0.05, 0.1) is 18.3 Å². The van der Waals surface area contributed by atoms with Crippen molar-refractivity contribution in [1.82, 2.24) is 15.1 Å². The number of hydrogen-bond acceptors (Lipinski definition) is 3. The van der Waals surface area contributed by atoms with E-state index in [0.717, 1.165) is 32.5 Å². The van der Waals surface area contributed by atoms with Crippen LogP contribution in [0.15, 0.2) is 12.4 Å². The zero-order valence-corrected chi connectivity index (χ0v) is 10.9. The summed E-state index contributed by atoms with van der Waals surface area (Å²) in [6.45, 7) is 7.16. The Labute approximate surface area is 103 Å². The molecule has 96 valence electrons. The first kappa shape index (κ1) is 12.6. The SMILES string of the molecule is CCCn1cc(C(NCC)C2CCCO2)cn1. The molecule has 1 aromatic heterocycles. The minimum absolute atomic E-state index is 0.299. The molecule has 4 heteroatoms. The van der Waals surface area contributed by atoms with E-state index in [1.807, 2.05) is 10.9 Å². The molecule has 4 nitrogen and oxygen atoms in total. The van der Waals surface area contributed by atoms with Crippen LogP contribution in [0.3, 0.4) is 0 Å². The second-order valence-electron chi connectivity index (χ2n) is 4.62. The van der Waals surface area contributed by atoms with Gasteiger partial charge in [0.1, 0.15) is 0 Å². The summed E-state index contributed by atoms with van der Waals surface area (Å²) in [5.41, 5.74) is 1.26. The molecule has 2 unspecified atom stereocenters. The van der Waals surface area contributed by atoms with Crippen molar-refractivity contribution in [3.8, 4) is 0 Å². The van der Waals surface area contributed by atoms with E-state index in [9.17, 15) is 0 Å². The number of aryl methyl sites for hydroxylation is 1. The summed E-state index contributed by atoms with van der Waals surface area (Å²) in [6, 6.07) is 0.299. The Morgan fingerprint density at radius 1 is 1.59 bits per heavy atom. The van der Waals surface area contributed by atoms with Crippen LogP contribution in [0.5, 0.6) is 0 Å². The van der Waals surface area contributed by atoms with Crippen LogP contribution in [-0.2, 0) is 11.3 Å². The van der Waals surface area contributed by atoms with E-state index in [1.54, 1.807) is 0 Å². The molecule has 2 heterocycles. The number of nitrogens with zero attached hydrogens (tertiary/aromatic N) is 2. The summed E-state index contributed by atoms with van der Waals surface area (Å²) < 4.78 is 7.81. The monoisotopic (exact) mass is 237 g/mol. The summed E-state index contributed by atoms with van der Waals surface area (Å²) in [7, 11) is 0. The Morgan fingerprint density at radius 3 is 3.12 bits per heavy atom. The van der Waals surface area contributed by atoms with Gasteiger partial charge < -0.3 is 10.1 Å². The number of likely N-dealkylation sites (N-methyl/N-ethyl adjacent to an activating group) is 1. The van der Waals surface area contributed by atoms with E-state index < -0.39 is 0 Å². The van der Waals surface area contributed by atoms with Gasteiger partial charge in [0.2, 0.25) is 0 Å². The van der Waals surface area contributed by atoms with Gasteiger partial charge in [-0.2, -0.15) is 5.10 Å². The fourth-order valence-corrected chi connectivity index (χ4v) is 2.44. The molecule has 0 aromatic carbocycles. The van der Waals surface area contributed by atoms with Gasteiger partial charge in [-0.05, 0) is 25.8 Å². The molecule has 0 spiro atoms. The minimum Gasteiger partial charge on any atom is -0.376 e. The van der Waals surface area contributed by atoms with Gasteiger partial charge in [0.15, 0.2) is 0 Å². The van der Waals surface area contributed by atoms with E-state index in [2.05, 4.69) is 30.5 Å². The highest BCUT2D eigenvalue weighted by Gasteiger charge is 2.27. The van der Waals surface area contributed by atoms with Crippen molar-refractivity contribution in [3.05, 3.63) is 18.0 Å². The third-order valence-electron chi connectivity index (χ3n) is 3.23. The van der Waals surface area contributed by atoms with Crippen molar-refractivity contribution in [2.45, 2.75) is 51.8 Å². The van der Waals surface area contributed by atoms with Crippen LogP contribution in [0.25, 0.3) is 0 Å². The smallest absolute Gasteiger partial charge is 0.0771 e. The Balaban J connectivity index is 2.07. The lowest BCUT2D eigenvalue weighted by Crippen LogP contribution is -2.31. The van der Waals surface area contributed by atoms with Gasteiger partial charge in [-0.15, -0.1) is 0 Å². The van der Waals surface area contributed by atoms with Crippen molar-refractivity contribution in [2.24, 2.45) is 0 Å². The maximum absolute atomic E-state index is 5.79. The average Bonchev–Trinajstić information content (AvgIpc) is 2.97. The van der Waals surface area contributed by atoms with E-state index in [4.69, 9.17) is 4.74 Å². The molecule has 2 atom stereocenters. The Morgan fingerprint density at radius 2 is 2.47 bits per heavy atom. The molecule has 17 heavy (non-hydrogen) atoms. The molecule has 0 radical (unpaired) electrons. The highest BCUT2D eigenvalue weighted by atomic mass is 16.5. The van der Waals surface area contributed by atoms with E-state index in [-0.39, 0.29) is 0 Å². The topological polar surface area (TPSA) is 39.1 Å². The van der Waals surface area contributed by atoms with Crippen molar-refractivity contribution in [2.75, 3.05) is 13.2 Å². The quantitative estimate of drug-likeness (QED) is 0.823. The van der Waals surface area contributed by atoms with Gasteiger partial charge in [-0.25, -0.2) is 0 Å². The Hall–Kier alpha value is -0.870. The lowest BCUT2D eigenvalue weighted by molar-refractivity contribution is 0.0788. The molecule has 1 aromatic rings. The second kappa shape index (κ2) is 6.17. The second-order valence-corrected chi connectivity index (χ2v) is 4.62. The molecular formula is C13H23N3O. The number of aromatic nitrogens is 2. The largest absolute Gasteiger partial charge is 0.376 e. The van der Waals surface area contributed by atoms with Gasteiger partial charge in [-0.3, -0.25) is 4.68 Å². The first-order chi connectivity index (χ1) is 8.35. The number of ether oxygens (including phenoxy) is 1. The molecule has 2 rings (SSSR count). The van der Waals surface area contributed by atoms with Crippen LogP contribution in [0.2, 0.25) is 0 Å². The number of rotatable bonds is 6. The predicted molar refractivity (Wildman–Crippen MR) is 67.9 cm³/mol. The Bertz CT molecular complexity index is 331. The molecule has 0 bridgehead atoms. The number of nitrogens with one attached hydrogen (secondary N) is 1. The van der Waals surface area contributed by atoms with Crippen molar-refractivity contribution >= 4 is 0 Å². The highest BCUT2D eigenvalue weighted by molar-refractivity contribution is 5.13. The molecule has 0 amide bonds. The van der Waals surface area contributed by atoms with Crippen LogP contribution in [0.4, 0.5) is 0 Å². The third kappa shape index (κ3) is 3.07. The summed E-state index contributed by atoms with van der Waals surface area (Å²) >= 11 is 0.